The number of nitrogens with two attached hydrogens (primary N) is 1. The fraction of sp³-hybridized carbons (Fsp3) is 0.381. The monoisotopic (exact) mass is 364 g/mol. The van der Waals surface area contributed by atoms with Crippen LogP contribution in [0, 0.1) is 18.3 Å². The average molecular weight is 364 g/mol. The maximum Gasteiger partial charge on any atom is 0.304 e. The Bertz CT molecular complexity index is 911. The molecule has 3 N–H and O–H groups in total. The van der Waals surface area contributed by atoms with Crippen LogP contribution in [0.15, 0.2) is 24.3 Å². The van der Waals surface area contributed by atoms with Crippen LogP contribution in [0.3, 0.4) is 0 Å². The van der Waals surface area contributed by atoms with E-state index in [9.17, 15) is 10.1 Å². The molecule has 1 aromatic heterocycles. The molecule has 0 amide bonds. The summed E-state index contributed by atoms with van der Waals surface area (Å²) in [4.78, 5) is 17.7. The fourth-order valence-electron chi connectivity index (χ4n) is 3.69. The molecule has 0 radical (unpaired) electrons. The molecular formula is C21H24N4O2. The Labute approximate surface area is 159 Å². The van der Waals surface area contributed by atoms with Crippen molar-refractivity contribution >= 4 is 17.5 Å². The van der Waals surface area contributed by atoms with Crippen LogP contribution in [-0.4, -0.2) is 29.1 Å². The zero-order chi connectivity index (χ0) is 19.6. The van der Waals surface area contributed by atoms with E-state index < -0.39 is 5.97 Å². The topological polar surface area (TPSA) is 103 Å². The number of hydrogen-bond donors (Lipinski definition) is 2. The Morgan fingerprint density at radius 2 is 2.07 bits per heavy atom. The molecule has 0 aliphatic carbocycles. The van der Waals surface area contributed by atoms with E-state index in [0.717, 1.165) is 24.2 Å². The molecule has 3 rings (SSSR count). The van der Waals surface area contributed by atoms with Crippen LogP contribution in [-0.2, 0) is 4.79 Å². The quantitative estimate of drug-likeness (QED) is 0.838. The lowest BCUT2D eigenvalue weighted by molar-refractivity contribution is -0.137. The van der Waals surface area contributed by atoms with Crippen molar-refractivity contribution in [3.05, 3.63) is 41.1 Å². The van der Waals surface area contributed by atoms with E-state index in [1.807, 2.05) is 6.07 Å². The molecule has 2 aromatic rings. The molecule has 6 nitrogen and oxygen atoms in total. The van der Waals surface area contributed by atoms with Gasteiger partial charge in [0.15, 0.2) is 0 Å². The van der Waals surface area contributed by atoms with Gasteiger partial charge in [-0.15, -0.1) is 0 Å². The van der Waals surface area contributed by atoms with E-state index in [4.69, 9.17) is 10.8 Å². The second-order valence-corrected chi connectivity index (χ2v) is 7.16. The molecule has 1 aromatic carbocycles. The Kier molecular flexibility index (Phi) is 5.31. The number of nitrogens with zero attached hydrogens (tertiary/aromatic N) is 3. The summed E-state index contributed by atoms with van der Waals surface area (Å²) in [5, 5.41) is 18.6. The number of nitrogen functional groups attached to an aromatic ring is 1. The first-order chi connectivity index (χ1) is 12.9. The van der Waals surface area contributed by atoms with E-state index >= 15 is 0 Å². The number of carboxylic acid groups (broad SMARTS) is 1. The summed E-state index contributed by atoms with van der Waals surface area (Å²) in [6.45, 7) is 6.01. The molecule has 6 heteroatoms. The summed E-state index contributed by atoms with van der Waals surface area (Å²) < 4.78 is 0. The van der Waals surface area contributed by atoms with Gasteiger partial charge in [-0.25, -0.2) is 4.98 Å². The predicted octanol–water partition coefficient (Wildman–Crippen LogP) is 3.69. The van der Waals surface area contributed by atoms with E-state index in [1.165, 1.54) is 18.5 Å². The van der Waals surface area contributed by atoms with Crippen LogP contribution in [0.4, 0.5) is 11.5 Å². The molecular weight excluding hydrogens is 340 g/mol. The minimum atomic E-state index is -0.889. The second kappa shape index (κ2) is 7.67. The Morgan fingerprint density at radius 3 is 2.67 bits per heavy atom. The van der Waals surface area contributed by atoms with Crippen molar-refractivity contribution in [2.45, 2.75) is 39.0 Å². The number of rotatable bonds is 5. The second-order valence-electron chi connectivity index (χ2n) is 7.16. The highest BCUT2D eigenvalue weighted by Gasteiger charge is 2.19. The van der Waals surface area contributed by atoms with Crippen LogP contribution in [0.25, 0.3) is 11.1 Å². The summed E-state index contributed by atoms with van der Waals surface area (Å²) in [5.74, 6) is -1.04. The summed E-state index contributed by atoms with van der Waals surface area (Å²) in [6.07, 6.45) is 2.39. The van der Waals surface area contributed by atoms with Gasteiger partial charge < -0.3 is 15.7 Å². The summed E-state index contributed by atoms with van der Waals surface area (Å²) >= 11 is 0. The molecule has 1 fully saturated rings. The molecule has 27 heavy (non-hydrogen) atoms. The Hall–Kier alpha value is -3.07. The van der Waals surface area contributed by atoms with Crippen molar-refractivity contribution in [2.75, 3.05) is 23.7 Å². The van der Waals surface area contributed by atoms with E-state index in [-0.39, 0.29) is 18.2 Å². The van der Waals surface area contributed by atoms with Gasteiger partial charge in [0.25, 0.3) is 0 Å². The number of carbonyl (C=O) groups is 1. The lowest BCUT2D eigenvalue weighted by atomic mass is 9.94. The van der Waals surface area contributed by atoms with E-state index in [2.05, 4.69) is 35.0 Å². The summed E-state index contributed by atoms with van der Waals surface area (Å²) in [7, 11) is 0. The number of carboxylic acids is 1. The number of aliphatic carboxylic acids is 1. The number of benzene rings is 1. The van der Waals surface area contributed by atoms with Crippen molar-refractivity contribution in [1.29, 1.82) is 5.26 Å². The minimum Gasteiger partial charge on any atom is -0.481 e. The largest absolute Gasteiger partial charge is 0.481 e. The van der Waals surface area contributed by atoms with E-state index in [0.29, 0.717) is 16.8 Å². The van der Waals surface area contributed by atoms with Gasteiger partial charge in [-0.05, 0) is 49.1 Å². The van der Waals surface area contributed by atoms with Crippen LogP contribution >= 0.6 is 0 Å². The van der Waals surface area contributed by atoms with Gasteiger partial charge >= 0.3 is 5.97 Å². The fourth-order valence-corrected chi connectivity index (χ4v) is 3.69. The van der Waals surface area contributed by atoms with Crippen LogP contribution in [0.1, 0.15) is 48.9 Å². The third-order valence-corrected chi connectivity index (χ3v) is 5.12. The average Bonchev–Trinajstić information content (AvgIpc) is 3.14. The maximum atomic E-state index is 11.0. The van der Waals surface area contributed by atoms with Gasteiger partial charge in [-0.1, -0.05) is 13.0 Å². The minimum absolute atomic E-state index is 0.0370. The highest BCUT2D eigenvalue weighted by molar-refractivity contribution is 5.78. The first kappa shape index (κ1) is 18.7. The number of anilines is 2. The SMILES string of the molecule is Cc1cc(-c2cc(C(C)CC(=O)O)nc(N)c2C#N)ccc1N1CCCC1. The Morgan fingerprint density at radius 1 is 1.37 bits per heavy atom. The number of nitriles is 1. The molecule has 0 spiro atoms. The van der Waals surface area contributed by atoms with Gasteiger partial charge in [0, 0.05) is 36.0 Å². The van der Waals surface area contributed by atoms with Gasteiger partial charge in [0.2, 0.25) is 0 Å². The number of aromatic nitrogens is 1. The van der Waals surface area contributed by atoms with Gasteiger partial charge in [0.05, 0.1) is 6.42 Å². The van der Waals surface area contributed by atoms with Crippen LogP contribution in [0.5, 0.6) is 0 Å². The first-order valence-electron chi connectivity index (χ1n) is 9.19. The molecule has 1 aliphatic heterocycles. The molecule has 0 saturated carbocycles. The molecule has 0 bridgehead atoms. The van der Waals surface area contributed by atoms with Gasteiger partial charge in [-0.3, -0.25) is 4.79 Å². The maximum absolute atomic E-state index is 11.0. The number of pyridine rings is 1. The molecule has 1 unspecified atom stereocenters. The van der Waals surface area contributed by atoms with Crippen molar-refractivity contribution in [3.63, 3.8) is 0 Å². The number of hydrogen-bond acceptors (Lipinski definition) is 5. The zero-order valence-electron chi connectivity index (χ0n) is 15.7. The molecule has 1 aliphatic rings. The normalized spacial score (nSPS) is 14.8. The lowest BCUT2D eigenvalue weighted by Crippen LogP contribution is -2.18. The van der Waals surface area contributed by atoms with Crippen LogP contribution < -0.4 is 10.6 Å². The lowest BCUT2D eigenvalue weighted by Gasteiger charge is -2.21. The van der Waals surface area contributed by atoms with Crippen molar-refractivity contribution < 1.29 is 9.90 Å². The van der Waals surface area contributed by atoms with Gasteiger partial charge in [0.1, 0.15) is 17.5 Å². The standard InChI is InChI=1S/C21H24N4O2/c1-13(10-20(26)27)18-11-16(17(12-22)21(23)24-18)15-5-6-19(14(2)9-15)25-7-3-4-8-25/h5-6,9,11,13H,3-4,7-8,10H2,1-2H3,(H2,23,24)(H,26,27). The molecule has 1 saturated heterocycles. The third-order valence-electron chi connectivity index (χ3n) is 5.12. The van der Waals surface area contributed by atoms with Gasteiger partial charge in [-0.2, -0.15) is 5.26 Å². The predicted molar refractivity (Wildman–Crippen MR) is 106 cm³/mol. The Balaban J connectivity index is 2.04. The smallest absolute Gasteiger partial charge is 0.304 e. The number of aryl methyl sites for hydroxylation is 1. The molecule has 1 atom stereocenters. The summed E-state index contributed by atoms with van der Waals surface area (Å²) in [5.41, 5.74) is 10.9. The van der Waals surface area contributed by atoms with Crippen molar-refractivity contribution in [1.82, 2.24) is 4.98 Å². The van der Waals surface area contributed by atoms with Crippen molar-refractivity contribution in [2.24, 2.45) is 0 Å². The zero-order valence-corrected chi connectivity index (χ0v) is 15.7. The highest BCUT2D eigenvalue weighted by atomic mass is 16.4. The van der Waals surface area contributed by atoms with E-state index in [1.54, 1.807) is 13.0 Å². The molecule has 2 heterocycles. The van der Waals surface area contributed by atoms with Crippen molar-refractivity contribution in [3.8, 4) is 17.2 Å². The first-order valence-corrected chi connectivity index (χ1v) is 9.19. The third kappa shape index (κ3) is 3.87. The molecule has 140 valence electrons. The van der Waals surface area contributed by atoms with Crippen LogP contribution in [0.2, 0.25) is 0 Å². The summed E-state index contributed by atoms with van der Waals surface area (Å²) in [6, 6.07) is 10.1. The highest BCUT2D eigenvalue weighted by Crippen LogP contribution is 2.34.